The summed E-state index contributed by atoms with van der Waals surface area (Å²) >= 11 is 0. The quantitative estimate of drug-likeness (QED) is 0.920. The van der Waals surface area contributed by atoms with Gasteiger partial charge in [-0.05, 0) is 38.7 Å². The first-order valence-corrected chi connectivity index (χ1v) is 7.58. The minimum atomic E-state index is -4.22. The second kappa shape index (κ2) is 6.38. The first-order valence-electron chi connectivity index (χ1n) is 7.58. The number of hydrogen-bond acceptors (Lipinski definition) is 2. The predicted octanol–water partition coefficient (Wildman–Crippen LogP) is 3.74. The zero-order chi connectivity index (χ0) is 15.6. The summed E-state index contributed by atoms with van der Waals surface area (Å²) in [6, 6.07) is 1.97. The molecule has 3 atom stereocenters. The molecular formula is C15H23F3N2O. The van der Waals surface area contributed by atoms with Crippen LogP contribution in [-0.4, -0.2) is 27.2 Å². The zero-order valence-corrected chi connectivity index (χ0v) is 12.5. The summed E-state index contributed by atoms with van der Waals surface area (Å²) in [4.78, 5) is 0. The van der Waals surface area contributed by atoms with Crippen molar-refractivity contribution in [3.63, 3.8) is 0 Å². The van der Waals surface area contributed by atoms with E-state index in [1.807, 2.05) is 13.8 Å². The van der Waals surface area contributed by atoms with Gasteiger partial charge in [0.2, 0.25) is 0 Å². The first-order chi connectivity index (χ1) is 9.79. The fraction of sp³-hybridized carbons (Fsp3) is 0.800. The average Bonchev–Trinajstić information content (AvgIpc) is 2.86. The minimum absolute atomic E-state index is 0.131. The summed E-state index contributed by atoms with van der Waals surface area (Å²) in [7, 11) is 0. The number of nitrogens with zero attached hydrogens (tertiary/aromatic N) is 2. The highest BCUT2D eigenvalue weighted by Crippen LogP contribution is 2.43. The second-order valence-electron chi connectivity index (χ2n) is 6.25. The molecule has 3 nitrogen and oxygen atoms in total. The molecular weight excluding hydrogens is 281 g/mol. The summed E-state index contributed by atoms with van der Waals surface area (Å²) in [5.41, 5.74) is 0.655. The SMILES string of the molecule is CC(C)n1ccc(CC(O)C2CCCCC2C(F)(F)F)n1. The smallest absolute Gasteiger partial charge is 0.392 e. The summed E-state index contributed by atoms with van der Waals surface area (Å²) in [6.07, 6.45) is -1.28. The number of hydrogen-bond donors (Lipinski definition) is 1. The number of aliphatic hydroxyl groups is 1. The Morgan fingerprint density at radius 3 is 2.57 bits per heavy atom. The molecule has 0 spiro atoms. The molecule has 0 bridgehead atoms. The predicted molar refractivity (Wildman–Crippen MR) is 73.8 cm³/mol. The van der Waals surface area contributed by atoms with Gasteiger partial charge in [0.25, 0.3) is 0 Å². The highest BCUT2D eigenvalue weighted by atomic mass is 19.4. The van der Waals surface area contributed by atoms with E-state index >= 15 is 0 Å². The summed E-state index contributed by atoms with van der Waals surface area (Å²) in [6.45, 7) is 3.96. The van der Waals surface area contributed by atoms with Crippen LogP contribution >= 0.6 is 0 Å². The molecule has 2 rings (SSSR count). The van der Waals surface area contributed by atoms with Crippen molar-refractivity contribution in [2.45, 2.75) is 64.3 Å². The Bertz CT molecular complexity index is 456. The van der Waals surface area contributed by atoms with E-state index in [2.05, 4.69) is 5.10 Å². The van der Waals surface area contributed by atoms with E-state index in [0.717, 1.165) is 6.42 Å². The molecule has 1 aliphatic carbocycles. The van der Waals surface area contributed by atoms with Crippen molar-refractivity contribution in [1.29, 1.82) is 0 Å². The fourth-order valence-corrected chi connectivity index (χ4v) is 3.17. The normalized spacial score (nSPS) is 25.3. The topological polar surface area (TPSA) is 38.0 Å². The third kappa shape index (κ3) is 3.99. The van der Waals surface area contributed by atoms with Crippen LogP contribution in [0.5, 0.6) is 0 Å². The van der Waals surface area contributed by atoms with Crippen molar-refractivity contribution >= 4 is 0 Å². The molecule has 1 heterocycles. The van der Waals surface area contributed by atoms with Gasteiger partial charge in [-0.15, -0.1) is 0 Å². The standard InChI is InChI=1S/C15H23F3N2O/c1-10(2)20-8-7-11(19-20)9-14(21)12-5-3-4-6-13(12)15(16,17)18/h7-8,10,12-14,21H,3-6,9H2,1-2H3. The number of alkyl halides is 3. The van der Waals surface area contributed by atoms with E-state index in [1.54, 1.807) is 16.9 Å². The molecule has 0 aromatic carbocycles. The van der Waals surface area contributed by atoms with Crippen LogP contribution in [0, 0.1) is 11.8 Å². The van der Waals surface area contributed by atoms with Crippen molar-refractivity contribution < 1.29 is 18.3 Å². The molecule has 0 aliphatic heterocycles. The maximum absolute atomic E-state index is 13.1. The van der Waals surface area contributed by atoms with Crippen molar-refractivity contribution in [1.82, 2.24) is 9.78 Å². The lowest BCUT2D eigenvalue weighted by molar-refractivity contribution is -0.206. The monoisotopic (exact) mass is 304 g/mol. The molecule has 120 valence electrons. The second-order valence-corrected chi connectivity index (χ2v) is 6.25. The van der Waals surface area contributed by atoms with Crippen LogP contribution in [0.4, 0.5) is 13.2 Å². The molecule has 1 saturated carbocycles. The third-order valence-corrected chi connectivity index (χ3v) is 4.35. The van der Waals surface area contributed by atoms with Gasteiger partial charge >= 0.3 is 6.18 Å². The highest BCUT2D eigenvalue weighted by molar-refractivity contribution is 5.02. The average molecular weight is 304 g/mol. The van der Waals surface area contributed by atoms with Gasteiger partial charge in [-0.2, -0.15) is 18.3 Å². The fourth-order valence-electron chi connectivity index (χ4n) is 3.17. The van der Waals surface area contributed by atoms with Crippen molar-refractivity contribution in [2.75, 3.05) is 0 Å². The van der Waals surface area contributed by atoms with Crippen molar-refractivity contribution in [3.8, 4) is 0 Å². The Kier molecular flexibility index (Phi) is 4.96. The van der Waals surface area contributed by atoms with Gasteiger partial charge in [-0.1, -0.05) is 12.8 Å². The molecule has 0 saturated heterocycles. The van der Waals surface area contributed by atoms with E-state index < -0.39 is 24.1 Å². The van der Waals surface area contributed by atoms with E-state index in [0.29, 0.717) is 18.5 Å². The van der Waals surface area contributed by atoms with Crippen LogP contribution in [0.15, 0.2) is 12.3 Å². The Hall–Kier alpha value is -1.04. The molecule has 1 fully saturated rings. The van der Waals surface area contributed by atoms with Gasteiger partial charge in [0.15, 0.2) is 0 Å². The highest BCUT2D eigenvalue weighted by Gasteiger charge is 2.47. The number of halogens is 3. The molecule has 0 radical (unpaired) electrons. The van der Waals surface area contributed by atoms with Crippen molar-refractivity contribution in [2.24, 2.45) is 11.8 Å². The molecule has 6 heteroatoms. The Labute approximate surface area is 123 Å². The molecule has 1 aromatic rings. The molecule has 1 N–H and O–H groups in total. The van der Waals surface area contributed by atoms with Crippen molar-refractivity contribution in [3.05, 3.63) is 18.0 Å². The molecule has 21 heavy (non-hydrogen) atoms. The number of rotatable bonds is 4. The lowest BCUT2D eigenvalue weighted by atomic mass is 9.75. The van der Waals surface area contributed by atoms with Crippen LogP contribution in [0.1, 0.15) is 51.3 Å². The summed E-state index contributed by atoms with van der Waals surface area (Å²) in [5, 5.41) is 14.6. The molecule has 1 aromatic heterocycles. The maximum atomic E-state index is 13.1. The van der Waals surface area contributed by atoms with Crippen LogP contribution in [0.25, 0.3) is 0 Å². The number of aliphatic hydroxyl groups excluding tert-OH is 1. The van der Waals surface area contributed by atoms with Crippen LogP contribution in [0.2, 0.25) is 0 Å². The number of aromatic nitrogens is 2. The van der Waals surface area contributed by atoms with Gasteiger partial charge in [0, 0.05) is 18.7 Å². The van der Waals surface area contributed by atoms with Gasteiger partial charge < -0.3 is 5.11 Å². The van der Waals surface area contributed by atoms with Gasteiger partial charge in [-0.3, -0.25) is 4.68 Å². The Morgan fingerprint density at radius 2 is 2.00 bits per heavy atom. The lowest BCUT2D eigenvalue weighted by Crippen LogP contribution is -2.40. The van der Waals surface area contributed by atoms with Gasteiger partial charge in [0.1, 0.15) is 0 Å². The molecule has 3 unspecified atom stereocenters. The maximum Gasteiger partial charge on any atom is 0.392 e. The third-order valence-electron chi connectivity index (χ3n) is 4.35. The van der Waals surface area contributed by atoms with Gasteiger partial charge in [0.05, 0.1) is 17.7 Å². The molecule has 0 amide bonds. The minimum Gasteiger partial charge on any atom is -0.392 e. The first kappa shape index (κ1) is 16.3. The van der Waals surface area contributed by atoms with Gasteiger partial charge in [-0.25, -0.2) is 0 Å². The summed E-state index contributed by atoms with van der Waals surface area (Å²) in [5.74, 6) is -2.09. The van der Waals surface area contributed by atoms with Crippen LogP contribution in [0.3, 0.4) is 0 Å². The van der Waals surface area contributed by atoms with Crippen LogP contribution in [-0.2, 0) is 6.42 Å². The zero-order valence-electron chi connectivity index (χ0n) is 12.5. The largest absolute Gasteiger partial charge is 0.392 e. The summed E-state index contributed by atoms with van der Waals surface area (Å²) < 4.78 is 41.0. The van der Waals surface area contributed by atoms with E-state index in [-0.39, 0.29) is 18.9 Å². The Morgan fingerprint density at radius 1 is 1.33 bits per heavy atom. The lowest BCUT2D eigenvalue weighted by Gasteiger charge is -2.35. The van der Waals surface area contributed by atoms with E-state index in [1.165, 1.54) is 0 Å². The Balaban J connectivity index is 2.04. The van der Waals surface area contributed by atoms with E-state index in [4.69, 9.17) is 0 Å². The van der Waals surface area contributed by atoms with Crippen LogP contribution < -0.4 is 0 Å². The van der Waals surface area contributed by atoms with E-state index in [9.17, 15) is 18.3 Å². The molecule has 1 aliphatic rings.